The fraction of sp³-hybridized carbons (Fsp3) is 0.643. The summed E-state index contributed by atoms with van der Waals surface area (Å²) in [4.78, 5) is 33.0. The van der Waals surface area contributed by atoms with Gasteiger partial charge in [0.25, 0.3) is 0 Å². The van der Waals surface area contributed by atoms with Gasteiger partial charge in [-0.05, 0) is 31.8 Å². The number of hydrogen-bond acceptors (Lipinski definition) is 4. The molecule has 1 aliphatic rings. The van der Waals surface area contributed by atoms with Gasteiger partial charge in [0.05, 0.1) is 17.9 Å². The van der Waals surface area contributed by atoms with Crippen LogP contribution in [0.4, 0.5) is 0 Å². The van der Waals surface area contributed by atoms with Gasteiger partial charge in [-0.25, -0.2) is 0 Å². The zero-order valence-electron chi connectivity index (χ0n) is 11.8. The second-order valence-electron chi connectivity index (χ2n) is 5.04. The number of ether oxygens (including phenoxy) is 1. The van der Waals surface area contributed by atoms with Crippen molar-refractivity contribution in [1.82, 2.24) is 5.32 Å². The summed E-state index contributed by atoms with van der Waals surface area (Å²) in [6, 6.07) is 0. The number of carbonyl (C=O) groups excluding carboxylic acids is 1. The van der Waals surface area contributed by atoms with Crippen LogP contribution in [-0.2, 0) is 19.1 Å². The van der Waals surface area contributed by atoms with Crippen molar-refractivity contribution >= 4 is 17.8 Å². The maximum Gasteiger partial charge on any atom is 0.307 e. The van der Waals surface area contributed by atoms with Crippen LogP contribution >= 0.6 is 0 Å². The third-order valence-corrected chi connectivity index (χ3v) is 3.60. The predicted molar refractivity (Wildman–Crippen MR) is 73.7 cm³/mol. The van der Waals surface area contributed by atoms with Crippen molar-refractivity contribution in [2.45, 2.75) is 31.8 Å². The van der Waals surface area contributed by atoms with E-state index in [0.29, 0.717) is 32.4 Å². The maximum atomic E-state index is 11.1. The molecular weight excluding hydrogens is 278 g/mol. The summed E-state index contributed by atoms with van der Waals surface area (Å²) in [5.41, 5.74) is 0. The molecule has 7 heteroatoms. The van der Waals surface area contributed by atoms with E-state index in [1.165, 1.54) is 6.08 Å². The minimum absolute atomic E-state index is 0.214. The Morgan fingerprint density at radius 3 is 2.43 bits per heavy atom. The normalized spacial score (nSPS) is 25.0. The van der Waals surface area contributed by atoms with E-state index in [-0.39, 0.29) is 18.4 Å². The minimum atomic E-state index is -1.09. The molecule has 0 aromatic rings. The zero-order chi connectivity index (χ0) is 15.8. The van der Waals surface area contributed by atoms with Crippen molar-refractivity contribution in [3.05, 3.63) is 12.7 Å². The average Bonchev–Trinajstić information content (AvgIpc) is 2.46. The molecule has 0 aromatic carbocycles. The fourth-order valence-corrected chi connectivity index (χ4v) is 2.46. The van der Waals surface area contributed by atoms with Crippen molar-refractivity contribution in [3.63, 3.8) is 0 Å². The van der Waals surface area contributed by atoms with E-state index in [1.807, 2.05) is 0 Å². The van der Waals surface area contributed by atoms with Crippen molar-refractivity contribution in [2.75, 3.05) is 13.2 Å². The number of carboxylic acids is 2. The van der Waals surface area contributed by atoms with Gasteiger partial charge in [0.1, 0.15) is 0 Å². The minimum Gasteiger partial charge on any atom is -0.481 e. The van der Waals surface area contributed by atoms with E-state index in [4.69, 9.17) is 14.9 Å². The van der Waals surface area contributed by atoms with E-state index in [1.54, 1.807) is 0 Å². The van der Waals surface area contributed by atoms with Crippen molar-refractivity contribution in [3.8, 4) is 0 Å². The summed E-state index contributed by atoms with van der Waals surface area (Å²) in [5, 5.41) is 20.7. The molecule has 1 aliphatic carbocycles. The molecule has 1 amide bonds. The lowest BCUT2D eigenvalue weighted by Gasteiger charge is -2.31. The first kappa shape index (κ1) is 17.2. The van der Waals surface area contributed by atoms with Crippen LogP contribution in [-0.4, -0.2) is 47.3 Å². The summed E-state index contributed by atoms with van der Waals surface area (Å²) < 4.78 is 5.57. The number of hydrogen-bond donors (Lipinski definition) is 3. The van der Waals surface area contributed by atoms with Crippen LogP contribution in [0.5, 0.6) is 0 Å². The molecule has 1 fully saturated rings. The summed E-state index contributed by atoms with van der Waals surface area (Å²) in [6.07, 6.45) is 2.62. The first-order chi connectivity index (χ1) is 9.95. The highest BCUT2D eigenvalue weighted by Crippen LogP contribution is 2.32. The lowest BCUT2D eigenvalue weighted by atomic mass is 9.78. The second kappa shape index (κ2) is 8.41. The molecule has 0 bridgehead atoms. The van der Waals surface area contributed by atoms with Gasteiger partial charge in [0.2, 0.25) is 5.91 Å². The Morgan fingerprint density at radius 1 is 1.19 bits per heavy atom. The molecule has 3 N–H and O–H groups in total. The van der Waals surface area contributed by atoms with E-state index in [2.05, 4.69) is 11.9 Å². The first-order valence-corrected chi connectivity index (χ1v) is 6.93. The molecule has 7 nitrogen and oxygen atoms in total. The van der Waals surface area contributed by atoms with Crippen LogP contribution in [0.3, 0.4) is 0 Å². The molecule has 3 unspecified atom stereocenters. The van der Waals surface area contributed by atoms with Gasteiger partial charge in [-0.15, -0.1) is 0 Å². The Kier molecular flexibility index (Phi) is 6.87. The maximum absolute atomic E-state index is 11.1. The van der Waals surface area contributed by atoms with Gasteiger partial charge in [0.15, 0.2) is 0 Å². The quantitative estimate of drug-likeness (QED) is 0.448. The fourth-order valence-electron chi connectivity index (χ4n) is 2.46. The number of aliphatic carboxylic acids is 2. The Hall–Kier alpha value is -1.89. The van der Waals surface area contributed by atoms with Gasteiger partial charge in [-0.1, -0.05) is 6.58 Å². The lowest BCUT2D eigenvalue weighted by Crippen LogP contribution is -2.38. The zero-order valence-corrected chi connectivity index (χ0v) is 11.8. The van der Waals surface area contributed by atoms with Gasteiger partial charge in [0, 0.05) is 13.2 Å². The molecule has 118 valence electrons. The largest absolute Gasteiger partial charge is 0.481 e. The molecular formula is C14H21NO6. The molecule has 0 heterocycles. The SMILES string of the molecule is C=CC(=O)NCCCOC1CCC(C(=O)O)C(C(=O)O)C1. The smallest absolute Gasteiger partial charge is 0.307 e. The second-order valence-corrected chi connectivity index (χ2v) is 5.04. The van der Waals surface area contributed by atoms with Crippen LogP contribution in [0.25, 0.3) is 0 Å². The summed E-state index contributed by atoms with van der Waals surface area (Å²) in [6.45, 7) is 4.18. The van der Waals surface area contributed by atoms with Crippen LogP contribution < -0.4 is 5.32 Å². The highest BCUT2D eigenvalue weighted by atomic mass is 16.5. The third-order valence-electron chi connectivity index (χ3n) is 3.60. The van der Waals surface area contributed by atoms with Crippen LogP contribution in [0.1, 0.15) is 25.7 Å². The number of nitrogens with one attached hydrogen (secondary N) is 1. The molecule has 0 saturated heterocycles. The number of carbonyl (C=O) groups is 3. The molecule has 1 rings (SSSR count). The lowest BCUT2D eigenvalue weighted by molar-refractivity contribution is -0.158. The van der Waals surface area contributed by atoms with E-state index >= 15 is 0 Å². The number of carboxylic acid groups (broad SMARTS) is 2. The molecule has 21 heavy (non-hydrogen) atoms. The van der Waals surface area contributed by atoms with E-state index < -0.39 is 23.8 Å². The van der Waals surface area contributed by atoms with Crippen LogP contribution in [0, 0.1) is 11.8 Å². The van der Waals surface area contributed by atoms with Gasteiger partial charge in [-0.2, -0.15) is 0 Å². The molecule has 0 aromatic heterocycles. The predicted octanol–water partition coefficient (Wildman–Crippen LogP) is 0.649. The highest BCUT2D eigenvalue weighted by molar-refractivity contribution is 5.86. The molecule has 0 radical (unpaired) electrons. The summed E-state index contributed by atoms with van der Waals surface area (Å²) >= 11 is 0. The summed E-state index contributed by atoms with van der Waals surface area (Å²) in [7, 11) is 0. The summed E-state index contributed by atoms with van der Waals surface area (Å²) in [5.74, 6) is -4.14. The van der Waals surface area contributed by atoms with Crippen molar-refractivity contribution in [2.24, 2.45) is 11.8 Å². The van der Waals surface area contributed by atoms with Gasteiger partial charge >= 0.3 is 11.9 Å². The van der Waals surface area contributed by atoms with Gasteiger partial charge < -0.3 is 20.3 Å². The third kappa shape index (κ3) is 5.55. The van der Waals surface area contributed by atoms with Crippen molar-refractivity contribution in [1.29, 1.82) is 0 Å². The Balaban J connectivity index is 2.31. The molecule has 0 spiro atoms. The van der Waals surface area contributed by atoms with E-state index in [0.717, 1.165) is 0 Å². The first-order valence-electron chi connectivity index (χ1n) is 6.93. The Morgan fingerprint density at radius 2 is 1.86 bits per heavy atom. The number of amides is 1. The van der Waals surface area contributed by atoms with Crippen LogP contribution in [0.15, 0.2) is 12.7 Å². The average molecular weight is 299 g/mol. The molecule has 3 atom stereocenters. The Labute approximate surface area is 123 Å². The topological polar surface area (TPSA) is 113 Å². The standard InChI is InChI=1S/C14H21NO6/c1-2-12(16)15-6-3-7-21-9-4-5-10(13(17)18)11(8-9)14(19)20/h2,9-11H,1,3-8H2,(H,15,16)(H,17,18)(H,19,20). The molecule has 1 saturated carbocycles. The Bertz CT molecular complexity index is 408. The molecule has 0 aliphatic heterocycles. The van der Waals surface area contributed by atoms with Gasteiger partial charge in [-0.3, -0.25) is 14.4 Å². The number of rotatable bonds is 8. The van der Waals surface area contributed by atoms with E-state index in [9.17, 15) is 14.4 Å². The van der Waals surface area contributed by atoms with Crippen LogP contribution in [0.2, 0.25) is 0 Å². The van der Waals surface area contributed by atoms with Crippen molar-refractivity contribution < 1.29 is 29.3 Å². The monoisotopic (exact) mass is 299 g/mol. The highest BCUT2D eigenvalue weighted by Gasteiger charge is 2.39.